The Kier molecular flexibility index (Phi) is 4.15. The molecule has 0 amide bonds. The van der Waals surface area contributed by atoms with Gasteiger partial charge in [0.15, 0.2) is 0 Å². The van der Waals surface area contributed by atoms with Gasteiger partial charge in [0.25, 0.3) is 0 Å². The van der Waals surface area contributed by atoms with Crippen LogP contribution in [0.5, 0.6) is 0 Å². The molecule has 0 aliphatic rings. The minimum atomic E-state index is 0.0467. The van der Waals surface area contributed by atoms with Gasteiger partial charge in [-0.2, -0.15) is 0 Å². The first kappa shape index (κ1) is 8.92. The normalized spacial score (nSPS) is 10.2. The molecule has 10 heavy (non-hydrogen) atoms. The van der Waals surface area contributed by atoms with Crippen LogP contribution in [0.1, 0.15) is 5.69 Å². The van der Waals surface area contributed by atoms with E-state index in [1.165, 1.54) is 0 Å². The van der Waals surface area contributed by atoms with Crippen molar-refractivity contribution in [3.05, 3.63) is 21.8 Å². The number of hydrogen-bond acceptors (Lipinski definition) is 2. The van der Waals surface area contributed by atoms with E-state index in [9.17, 15) is 0 Å². The molecule has 0 N–H and O–H groups in total. The second-order valence-electron chi connectivity index (χ2n) is 1.54. The molecule has 5 heteroatoms. The fraction of sp³-hybridized carbons (Fsp3) is 0.200. The molecule has 0 fully saturated rings. The fourth-order valence-corrected chi connectivity index (χ4v) is 2.83. The van der Waals surface area contributed by atoms with Crippen molar-refractivity contribution in [2.75, 3.05) is 0 Å². The summed E-state index contributed by atoms with van der Waals surface area (Å²) in [6.45, 7) is 0. The molecule has 0 aliphatic carbocycles. The maximum absolute atomic E-state index is 5.58. The van der Waals surface area contributed by atoms with Gasteiger partial charge in [0.1, 0.15) is 0 Å². The third kappa shape index (κ3) is 2.46. The van der Waals surface area contributed by atoms with Gasteiger partial charge in [-0.05, 0) is 0 Å². The Morgan fingerprint density at radius 1 is 1.60 bits per heavy atom. The quantitative estimate of drug-likeness (QED) is 0.366. The molecule has 1 aromatic rings. The van der Waals surface area contributed by atoms with Crippen LogP contribution >= 0.6 is 30.2 Å². The van der Waals surface area contributed by atoms with Crippen LogP contribution < -0.4 is 17.2 Å². The van der Waals surface area contributed by atoms with Gasteiger partial charge >= 0.3 is 85.1 Å². The second-order valence-corrected chi connectivity index (χ2v) is 6.05. The molecule has 0 aromatic carbocycles. The first-order valence-corrected chi connectivity index (χ1v) is 10.4. The molecule has 2 nitrogen and oxygen atoms in total. The fourth-order valence-electron chi connectivity index (χ4n) is 0.482. The van der Waals surface area contributed by atoms with E-state index in [0.29, 0.717) is 5.88 Å². The number of rotatable bonds is 2. The zero-order valence-corrected chi connectivity index (χ0v) is 9.96. The predicted octanol–water partition coefficient (Wildman–Crippen LogP) is -1.18. The molecule has 1 aromatic heterocycles. The van der Waals surface area contributed by atoms with E-state index in [2.05, 4.69) is 28.6 Å². The van der Waals surface area contributed by atoms with Crippen LogP contribution in [0, 0.1) is 3.70 Å². The standard InChI is InChI=1S/C5H4ClI2N2/c6-2-4-1-5(8-7)10-3-9-4/h1,3H,2H2/q-1. The molecule has 1 rings (SSSR count). The maximum atomic E-state index is 5.58. The average molecular weight is 381 g/mol. The first-order chi connectivity index (χ1) is 4.86. The molecule has 0 saturated carbocycles. The topological polar surface area (TPSA) is 25.8 Å². The van der Waals surface area contributed by atoms with Crippen molar-refractivity contribution in [2.24, 2.45) is 0 Å². The summed E-state index contributed by atoms with van der Waals surface area (Å²) in [5.74, 6) is 0.482. The van der Waals surface area contributed by atoms with E-state index >= 15 is 0 Å². The van der Waals surface area contributed by atoms with E-state index in [1.807, 2.05) is 6.07 Å². The first-order valence-electron chi connectivity index (χ1n) is 2.49. The van der Waals surface area contributed by atoms with Crippen molar-refractivity contribution in [3.8, 4) is 0 Å². The van der Waals surface area contributed by atoms with Gasteiger partial charge < -0.3 is 0 Å². The molecular formula is C5H4ClI2N2-. The van der Waals surface area contributed by atoms with Gasteiger partial charge in [-0.25, -0.2) is 0 Å². The molecule has 1 heterocycles. The Bertz CT molecular complexity index is 199. The molecule has 0 atom stereocenters. The molecule has 56 valence electrons. The summed E-state index contributed by atoms with van der Waals surface area (Å²) >= 11 is 7.99. The molecule has 0 bridgehead atoms. The summed E-state index contributed by atoms with van der Waals surface area (Å²) in [7, 11) is 0. The molecule has 0 saturated heterocycles. The monoisotopic (exact) mass is 381 g/mol. The second kappa shape index (κ2) is 4.66. The van der Waals surface area contributed by atoms with Crippen LogP contribution in [0.4, 0.5) is 0 Å². The summed E-state index contributed by atoms with van der Waals surface area (Å²) in [6, 6.07) is 1.96. The van der Waals surface area contributed by atoms with Crippen molar-refractivity contribution >= 4 is 30.2 Å². The van der Waals surface area contributed by atoms with E-state index in [0.717, 1.165) is 9.39 Å². The number of halogens is 3. The number of nitrogens with zero attached hydrogens (tertiary/aromatic N) is 2. The third-order valence-corrected chi connectivity index (χ3v) is 4.98. The Morgan fingerprint density at radius 2 is 2.40 bits per heavy atom. The van der Waals surface area contributed by atoms with Gasteiger partial charge in [0.2, 0.25) is 0 Å². The summed E-state index contributed by atoms with van der Waals surface area (Å²) in [5, 5.41) is 0. The molecular weight excluding hydrogens is 377 g/mol. The third-order valence-electron chi connectivity index (χ3n) is 0.900. The number of alkyl halides is 1. The van der Waals surface area contributed by atoms with Crippen LogP contribution in [0.25, 0.3) is 0 Å². The molecule has 0 aliphatic heterocycles. The Balaban J connectivity index is 2.87. The summed E-state index contributed by atoms with van der Waals surface area (Å²) in [6.07, 6.45) is 1.57. The van der Waals surface area contributed by atoms with E-state index in [4.69, 9.17) is 11.6 Å². The van der Waals surface area contributed by atoms with E-state index in [1.54, 1.807) is 6.33 Å². The van der Waals surface area contributed by atoms with Gasteiger partial charge in [-0.1, -0.05) is 0 Å². The van der Waals surface area contributed by atoms with Crippen LogP contribution in [-0.4, -0.2) is 9.97 Å². The van der Waals surface area contributed by atoms with Crippen molar-refractivity contribution in [1.29, 1.82) is 0 Å². The van der Waals surface area contributed by atoms with Crippen LogP contribution in [0.3, 0.4) is 0 Å². The molecule has 0 spiro atoms. The van der Waals surface area contributed by atoms with Crippen LogP contribution in [0.2, 0.25) is 0 Å². The SMILES string of the molecule is ClCc1cc([I-]I)ncn1. The van der Waals surface area contributed by atoms with Gasteiger partial charge in [0.05, 0.1) is 0 Å². The predicted molar refractivity (Wildman–Crippen MR) is 44.3 cm³/mol. The minimum absolute atomic E-state index is 0.0467. The van der Waals surface area contributed by atoms with Crippen molar-refractivity contribution in [3.63, 3.8) is 0 Å². The zero-order chi connectivity index (χ0) is 7.40. The number of hydrogen-bond donors (Lipinski definition) is 0. The van der Waals surface area contributed by atoms with Crippen LogP contribution in [0.15, 0.2) is 12.4 Å². The van der Waals surface area contributed by atoms with E-state index in [-0.39, 0.29) is 17.2 Å². The Morgan fingerprint density at radius 3 is 3.00 bits per heavy atom. The van der Waals surface area contributed by atoms with E-state index < -0.39 is 0 Å². The average Bonchev–Trinajstić information content (AvgIpc) is 2.05. The summed E-state index contributed by atoms with van der Waals surface area (Å²) in [4.78, 5) is 8.05. The summed E-state index contributed by atoms with van der Waals surface area (Å²) < 4.78 is 1.14. The molecule has 0 unspecified atom stereocenters. The van der Waals surface area contributed by atoms with Gasteiger partial charge in [-0.3, -0.25) is 0 Å². The van der Waals surface area contributed by atoms with Crippen molar-refractivity contribution in [1.82, 2.24) is 9.97 Å². The summed E-state index contributed by atoms with van der Waals surface area (Å²) in [5.41, 5.74) is 0.919. The zero-order valence-electron chi connectivity index (χ0n) is 4.89. The van der Waals surface area contributed by atoms with Crippen molar-refractivity contribution < 1.29 is 17.2 Å². The van der Waals surface area contributed by atoms with Gasteiger partial charge in [0, 0.05) is 0 Å². The Labute approximate surface area is 84.2 Å². The molecule has 0 radical (unpaired) electrons. The van der Waals surface area contributed by atoms with Crippen LogP contribution in [-0.2, 0) is 5.88 Å². The van der Waals surface area contributed by atoms with Gasteiger partial charge in [-0.15, -0.1) is 0 Å². The van der Waals surface area contributed by atoms with Crippen molar-refractivity contribution in [2.45, 2.75) is 5.88 Å². The number of aromatic nitrogens is 2. The Hall–Kier alpha value is 0.830.